The fraction of sp³-hybridized carbons (Fsp3) is 0.250. The zero-order valence-corrected chi connectivity index (χ0v) is 8.78. The molecule has 0 bridgehead atoms. The SMILES string of the molecule is CC(=O)Oc1ccc2c(c1)C=CC(C)N2. The van der Waals surface area contributed by atoms with E-state index in [0.717, 1.165) is 11.3 Å². The zero-order valence-electron chi connectivity index (χ0n) is 8.78. The molecule has 1 heterocycles. The Morgan fingerprint density at radius 2 is 2.27 bits per heavy atom. The molecule has 1 aromatic carbocycles. The van der Waals surface area contributed by atoms with Crippen molar-refractivity contribution in [3.8, 4) is 5.75 Å². The Morgan fingerprint density at radius 3 is 3.00 bits per heavy atom. The molecule has 1 unspecified atom stereocenters. The lowest BCUT2D eigenvalue weighted by Crippen LogP contribution is -2.15. The van der Waals surface area contributed by atoms with Crippen molar-refractivity contribution in [2.75, 3.05) is 5.32 Å². The van der Waals surface area contributed by atoms with Crippen LogP contribution in [0.1, 0.15) is 19.4 Å². The molecule has 0 spiro atoms. The van der Waals surface area contributed by atoms with Gasteiger partial charge in [0.2, 0.25) is 0 Å². The van der Waals surface area contributed by atoms with Crippen LogP contribution >= 0.6 is 0 Å². The van der Waals surface area contributed by atoms with Crippen molar-refractivity contribution >= 4 is 17.7 Å². The van der Waals surface area contributed by atoms with Crippen molar-refractivity contribution < 1.29 is 9.53 Å². The molecule has 1 atom stereocenters. The molecule has 78 valence electrons. The highest BCUT2D eigenvalue weighted by Crippen LogP contribution is 2.27. The van der Waals surface area contributed by atoms with Crippen molar-refractivity contribution in [2.45, 2.75) is 19.9 Å². The normalized spacial score (nSPS) is 17.9. The van der Waals surface area contributed by atoms with Crippen LogP contribution in [0.3, 0.4) is 0 Å². The van der Waals surface area contributed by atoms with Crippen molar-refractivity contribution in [3.63, 3.8) is 0 Å². The third-order valence-electron chi connectivity index (χ3n) is 2.23. The van der Waals surface area contributed by atoms with Gasteiger partial charge in [0.1, 0.15) is 5.75 Å². The molecule has 0 saturated carbocycles. The smallest absolute Gasteiger partial charge is 0.308 e. The van der Waals surface area contributed by atoms with E-state index >= 15 is 0 Å². The Kier molecular flexibility index (Phi) is 2.46. The van der Waals surface area contributed by atoms with Gasteiger partial charge in [-0.3, -0.25) is 4.79 Å². The molecule has 0 aliphatic carbocycles. The van der Waals surface area contributed by atoms with Gasteiger partial charge in [-0.2, -0.15) is 0 Å². The molecule has 1 aliphatic rings. The van der Waals surface area contributed by atoms with Crippen LogP contribution in [0.15, 0.2) is 24.3 Å². The van der Waals surface area contributed by atoms with Gasteiger partial charge in [-0.25, -0.2) is 0 Å². The summed E-state index contributed by atoms with van der Waals surface area (Å²) in [4.78, 5) is 10.8. The monoisotopic (exact) mass is 203 g/mol. The fourth-order valence-corrected chi connectivity index (χ4v) is 1.58. The van der Waals surface area contributed by atoms with Crippen LogP contribution in [0, 0.1) is 0 Å². The highest BCUT2D eigenvalue weighted by Gasteiger charge is 2.09. The number of nitrogens with one attached hydrogen (secondary N) is 1. The van der Waals surface area contributed by atoms with Crippen LogP contribution < -0.4 is 10.1 Å². The topological polar surface area (TPSA) is 38.3 Å². The molecular formula is C12H13NO2. The Labute approximate surface area is 88.8 Å². The van der Waals surface area contributed by atoms with E-state index < -0.39 is 0 Å². The number of benzene rings is 1. The molecule has 0 fully saturated rings. The van der Waals surface area contributed by atoms with Gasteiger partial charge >= 0.3 is 5.97 Å². The second-order valence-electron chi connectivity index (χ2n) is 3.63. The average Bonchev–Trinajstić information content (AvgIpc) is 2.17. The van der Waals surface area contributed by atoms with Gasteiger partial charge in [0.25, 0.3) is 0 Å². The minimum Gasteiger partial charge on any atom is -0.427 e. The summed E-state index contributed by atoms with van der Waals surface area (Å²) in [5.74, 6) is 0.290. The van der Waals surface area contributed by atoms with E-state index in [1.54, 1.807) is 6.07 Å². The molecule has 3 nitrogen and oxygen atoms in total. The molecule has 3 heteroatoms. The van der Waals surface area contributed by atoms with Gasteiger partial charge in [-0.15, -0.1) is 0 Å². The quantitative estimate of drug-likeness (QED) is 0.562. The predicted octanol–water partition coefficient (Wildman–Crippen LogP) is 2.44. The number of hydrogen-bond donors (Lipinski definition) is 1. The van der Waals surface area contributed by atoms with Gasteiger partial charge in [-0.05, 0) is 25.1 Å². The number of fused-ring (bicyclic) bond motifs is 1. The van der Waals surface area contributed by atoms with Crippen LogP contribution in [-0.2, 0) is 4.79 Å². The van der Waals surface area contributed by atoms with Gasteiger partial charge in [0.05, 0.1) is 0 Å². The summed E-state index contributed by atoms with van der Waals surface area (Å²) in [5.41, 5.74) is 2.12. The van der Waals surface area contributed by atoms with Crippen molar-refractivity contribution in [2.24, 2.45) is 0 Å². The summed E-state index contributed by atoms with van der Waals surface area (Å²) in [5, 5.41) is 3.31. The third kappa shape index (κ3) is 2.18. The second kappa shape index (κ2) is 3.77. The maximum absolute atomic E-state index is 10.8. The summed E-state index contributed by atoms with van der Waals surface area (Å²) in [6.45, 7) is 3.48. The van der Waals surface area contributed by atoms with Crippen LogP contribution in [-0.4, -0.2) is 12.0 Å². The molecule has 0 radical (unpaired) electrons. The first-order valence-corrected chi connectivity index (χ1v) is 4.92. The molecule has 1 aromatic rings. The third-order valence-corrected chi connectivity index (χ3v) is 2.23. The Balaban J connectivity index is 2.29. The Bertz CT molecular complexity index is 424. The summed E-state index contributed by atoms with van der Waals surface area (Å²) in [7, 11) is 0. The van der Waals surface area contributed by atoms with Gasteiger partial charge in [-0.1, -0.05) is 12.2 Å². The minimum atomic E-state index is -0.295. The molecular weight excluding hydrogens is 190 g/mol. The van der Waals surface area contributed by atoms with Crippen molar-refractivity contribution in [3.05, 3.63) is 29.8 Å². The van der Waals surface area contributed by atoms with E-state index in [9.17, 15) is 4.79 Å². The van der Waals surface area contributed by atoms with Gasteiger partial charge < -0.3 is 10.1 Å². The largest absolute Gasteiger partial charge is 0.427 e. The van der Waals surface area contributed by atoms with Gasteiger partial charge in [0, 0.05) is 24.2 Å². The van der Waals surface area contributed by atoms with Crippen molar-refractivity contribution in [1.29, 1.82) is 0 Å². The summed E-state index contributed by atoms with van der Waals surface area (Å²) in [6, 6.07) is 5.91. The second-order valence-corrected chi connectivity index (χ2v) is 3.63. The highest BCUT2D eigenvalue weighted by atomic mass is 16.5. The number of anilines is 1. The standard InChI is InChI=1S/C12H13NO2/c1-8-3-4-10-7-11(15-9(2)14)5-6-12(10)13-8/h3-8,13H,1-2H3. The first-order valence-electron chi connectivity index (χ1n) is 4.92. The molecule has 15 heavy (non-hydrogen) atoms. The van der Waals surface area contributed by atoms with Crippen LogP contribution in [0.2, 0.25) is 0 Å². The maximum atomic E-state index is 10.8. The fourth-order valence-electron chi connectivity index (χ4n) is 1.58. The number of esters is 1. The molecule has 1 aliphatic heterocycles. The first kappa shape index (κ1) is 9.77. The summed E-state index contributed by atoms with van der Waals surface area (Å²) < 4.78 is 5.01. The molecule has 1 N–H and O–H groups in total. The van der Waals surface area contributed by atoms with E-state index in [1.807, 2.05) is 18.2 Å². The Hall–Kier alpha value is -1.77. The lowest BCUT2D eigenvalue weighted by molar-refractivity contribution is -0.131. The van der Waals surface area contributed by atoms with Crippen LogP contribution in [0.4, 0.5) is 5.69 Å². The number of rotatable bonds is 1. The number of carbonyl (C=O) groups excluding carboxylic acids is 1. The van der Waals surface area contributed by atoms with E-state index in [2.05, 4.69) is 18.3 Å². The van der Waals surface area contributed by atoms with Crippen LogP contribution in [0.25, 0.3) is 6.08 Å². The van der Waals surface area contributed by atoms with E-state index in [1.165, 1.54) is 6.92 Å². The minimum absolute atomic E-state index is 0.295. The number of ether oxygens (including phenoxy) is 1. The van der Waals surface area contributed by atoms with E-state index in [4.69, 9.17) is 4.74 Å². The lowest BCUT2D eigenvalue weighted by atomic mass is 10.1. The van der Waals surface area contributed by atoms with E-state index in [-0.39, 0.29) is 5.97 Å². The first-order chi connectivity index (χ1) is 7.15. The molecule has 0 saturated heterocycles. The van der Waals surface area contributed by atoms with E-state index in [0.29, 0.717) is 11.8 Å². The summed E-state index contributed by atoms with van der Waals surface area (Å²) >= 11 is 0. The summed E-state index contributed by atoms with van der Waals surface area (Å²) in [6.07, 6.45) is 4.10. The Morgan fingerprint density at radius 1 is 1.47 bits per heavy atom. The molecule has 0 amide bonds. The predicted molar refractivity (Wildman–Crippen MR) is 59.9 cm³/mol. The van der Waals surface area contributed by atoms with Crippen LogP contribution in [0.5, 0.6) is 5.75 Å². The number of carbonyl (C=O) groups is 1. The average molecular weight is 203 g/mol. The maximum Gasteiger partial charge on any atom is 0.308 e. The molecule has 0 aromatic heterocycles. The molecule has 2 rings (SSSR count). The zero-order chi connectivity index (χ0) is 10.8. The van der Waals surface area contributed by atoms with Crippen molar-refractivity contribution in [1.82, 2.24) is 0 Å². The lowest BCUT2D eigenvalue weighted by Gasteiger charge is -2.19. The highest BCUT2D eigenvalue weighted by molar-refractivity contribution is 5.74. The van der Waals surface area contributed by atoms with Gasteiger partial charge in [0.15, 0.2) is 0 Å². The number of hydrogen-bond acceptors (Lipinski definition) is 3.